The molecule has 0 spiro atoms. The first-order valence-electron chi connectivity index (χ1n) is 5.04. The molecule has 0 heterocycles. The zero-order chi connectivity index (χ0) is 10.2. The average Bonchev–Trinajstić information content (AvgIpc) is 2.20. The number of benzene rings is 1. The number of nitrogens with one attached hydrogen (secondary N) is 1. The van der Waals surface area contributed by atoms with E-state index in [9.17, 15) is 0 Å². The van der Waals surface area contributed by atoms with Gasteiger partial charge in [0.05, 0.1) is 0 Å². The predicted octanol–water partition coefficient (Wildman–Crippen LogP) is -0.399. The van der Waals surface area contributed by atoms with Gasteiger partial charge in [-0.3, -0.25) is 0 Å². The van der Waals surface area contributed by atoms with Crippen LogP contribution in [0, 0.1) is 6.92 Å². The van der Waals surface area contributed by atoms with Crippen LogP contribution in [0.25, 0.3) is 0 Å². The van der Waals surface area contributed by atoms with E-state index in [2.05, 4.69) is 43.4 Å². The summed E-state index contributed by atoms with van der Waals surface area (Å²) < 4.78 is 0. The van der Waals surface area contributed by atoms with Crippen LogP contribution in [-0.2, 0) is 6.42 Å². The van der Waals surface area contributed by atoms with E-state index in [0.717, 1.165) is 13.0 Å². The van der Waals surface area contributed by atoms with Crippen molar-refractivity contribution in [2.45, 2.75) is 19.4 Å². The van der Waals surface area contributed by atoms with Gasteiger partial charge in [-0.2, -0.15) is 0 Å². The van der Waals surface area contributed by atoms with E-state index in [-0.39, 0.29) is 18.9 Å². The number of hydrogen-bond acceptors (Lipinski definition) is 1. The molecule has 1 atom stereocenters. The maximum atomic E-state index is 3.65. The van der Waals surface area contributed by atoms with Crippen molar-refractivity contribution in [3.63, 3.8) is 0 Å². The molecule has 0 amide bonds. The zero-order valence-corrected chi connectivity index (χ0v) is 9.74. The van der Waals surface area contributed by atoms with E-state index in [1.165, 1.54) is 5.56 Å². The minimum atomic E-state index is 0. The third-order valence-electron chi connectivity index (χ3n) is 2.14. The van der Waals surface area contributed by atoms with Crippen molar-refractivity contribution < 1.29 is 18.9 Å². The first-order valence-corrected chi connectivity index (χ1v) is 5.04. The van der Waals surface area contributed by atoms with Crippen LogP contribution >= 0.6 is 0 Å². The molecule has 0 aliphatic heterocycles. The Morgan fingerprint density at radius 1 is 1.33 bits per heavy atom. The Balaban J connectivity index is 0.00000196. The molecular weight excluding hydrogens is 177 g/mol. The minimum Gasteiger partial charge on any atom is -0.327 e. The molecule has 2 heteroatoms. The minimum absolute atomic E-state index is 0. The Morgan fingerprint density at radius 2 is 2.00 bits per heavy atom. The molecule has 0 aliphatic rings. The van der Waals surface area contributed by atoms with Crippen molar-refractivity contribution in [1.29, 1.82) is 0 Å². The first kappa shape index (κ1) is 14.4. The summed E-state index contributed by atoms with van der Waals surface area (Å²) in [5, 5.41) is 3.41. The second-order valence-electron chi connectivity index (χ2n) is 3.47. The Hall–Kier alpha value is -0.613. The van der Waals surface area contributed by atoms with Gasteiger partial charge in [0.1, 0.15) is 0 Å². The van der Waals surface area contributed by atoms with E-state index in [4.69, 9.17) is 0 Å². The molecule has 0 aliphatic carbocycles. The van der Waals surface area contributed by atoms with E-state index >= 15 is 0 Å². The average molecular weight is 195 g/mol. The second kappa shape index (κ2) is 8.68. The van der Waals surface area contributed by atoms with Crippen LogP contribution in [0.2, 0.25) is 0 Å². The van der Waals surface area contributed by atoms with Crippen LogP contribution < -0.4 is 24.2 Å². The number of hydrogen-bond donors (Lipinski definition) is 1. The molecule has 0 radical (unpaired) electrons. The first-order chi connectivity index (χ1) is 6.83. The van der Waals surface area contributed by atoms with E-state index in [1.54, 1.807) is 0 Å². The summed E-state index contributed by atoms with van der Waals surface area (Å²) in [5.41, 5.74) is 1.38. The molecule has 0 saturated heterocycles. The van der Waals surface area contributed by atoms with Crippen molar-refractivity contribution in [1.82, 2.24) is 5.32 Å². The van der Waals surface area contributed by atoms with Crippen molar-refractivity contribution in [2.75, 3.05) is 6.54 Å². The summed E-state index contributed by atoms with van der Waals surface area (Å²) >= 11 is 0. The van der Waals surface area contributed by atoms with Gasteiger partial charge in [-0.15, -0.1) is 0 Å². The van der Waals surface area contributed by atoms with Gasteiger partial charge >= 0.3 is 18.9 Å². The van der Waals surface area contributed by atoms with Crippen molar-refractivity contribution >= 4 is 0 Å². The van der Waals surface area contributed by atoms with Crippen molar-refractivity contribution in [2.24, 2.45) is 0 Å². The third-order valence-corrected chi connectivity index (χ3v) is 2.14. The van der Waals surface area contributed by atoms with Gasteiger partial charge < -0.3 is 5.32 Å². The maximum Gasteiger partial charge on any atom is 1.00 e. The largest absolute Gasteiger partial charge is 1.00 e. The van der Waals surface area contributed by atoms with Gasteiger partial charge in [0, 0.05) is 6.04 Å². The molecule has 0 bridgehead atoms. The normalized spacial score (nSPS) is 12.3. The fraction of sp³-hybridized carbons (Fsp3) is 0.308. The Morgan fingerprint density at radius 3 is 2.60 bits per heavy atom. The standard InChI is InChI=1S/C13H18N.Li/c1-3-4-10-14-12(2)11-13-8-6-5-7-9-13;/h3-9,12,14H,1,10-11H2,2H3;/q-1;+1. The van der Waals surface area contributed by atoms with Gasteiger partial charge in [0.25, 0.3) is 0 Å². The Bertz CT molecular complexity index is 269. The van der Waals surface area contributed by atoms with Crippen LogP contribution in [0.3, 0.4) is 0 Å². The molecule has 0 aromatic heterocycles. The fourth-order valence-corrected chi connectivity index (χ4v) is 1.39. The van der Waals surface area contributed by atoms with Crippen LogP contribution in [0.15, 0.2) is 42.5 Å². The summed E-state index contributed by atoms with van der Waals surface area (Å²) in [7, 11) is 0. The third kappa shape index (κ3) is 6.46. The maximum absolute atomic E-state index is 3.65. The van der Waals surface area contributed by atoms with E-state index in [0.29, 0.717) is 6.04 Å². The fourth-order valence-electron chi connectivity index (χ4n) is 1.39. The molecule has 1 N–H and O–H groups in total. The van der Waals surface area contributed by atoms with Crippen molar-refractivity contribution in [3.8, 4) is 0 Å². The number of rotatable bonds is 5. The summed E-state index contributed by atoms with van der Waals surface area (Å²) in [6.45, 7) is 6.74. The quantitative estimate of drug-likeness (QED) is 0.498. The smallest absolute Gasteiger partial charge is 0.327 e. The Kier molecular flexibility index (Phi) is 8.32. The molecule has 1 nitrogen and oxygen atoms in total. The van der Waals surface area contributed by atoms with Crippen LogP contribution in [-0.4, -0.2) is 12.6 Å². The summed E-state index contributed by atoms with van der Waals surface area (Å²) in [6, 6.07) is 11.0. The number of allylic oxidation sites excluding steroid dienone is 1. The molecule has 15 heavy (non-hydrogen) atoms. The van der Waals surface area contributed by atoms with Gasteiger partial charge in [0.2, 0.25) is 0 Å². The molecule has 1 aromatic rings. The van der Waals surface area contributed by atoms with Gasteiger partial charge in [-0.05, 0) is 18.9 Å². The van der Waals surface area contributed by atoms with Crippen LogP contribution in [0.5, 0.6) is 0 Å². The van der Waals surface area contributed by atoms with Crippen LogP contribution in [0.1, 0.15) is 12.5 Å². The summed E-state index contributed by atoms with van der Waals surface area (Å²) in [4.78, 5) is 0. The molecular formula is C13H18LiN. The van der Waals surface area contributed by atoms with Gasteiger partial charge in [-0.25, -0.2) is 19.1 Å². The molecule has 1 rings (SSSR count). The van der Waals surface area contributed by atoms with Crippen LogP contribution in [0.4, 0.5) is 0 Å². The zero-order valence-electron chi connectivity index (χ0n) is 9.74. The Labute approximate surface area is 105 Å². The van der Waals surface area contributed by atoms with E-state index in [1.807, 2.05) is 18.2 Å². The van der Waals surface area contributed by atoms with Gasteiger partial charge in [0.15, 0.2) is 0 Å². The topological polar surface area (TPSA) is 12.0 Å². The monoisotopic (exact) mass is 195 g/mol. The SMILES string of the molecule is [CH2-]C=CCNC(C)Cc1ccccc1.[Li+]. The molecule has 0 saturated carbocycles. The molecule has 1 aromatic carbocycles. The van der Waals surface area contributed by atoms with Crippen molar-refractivity contribution in [3.05, 3.63) is 55.0 Å². The van der Waals surface area contributed by atoms with Gasteiger partial charge in [-0.1, -0.05) is 36.9 Å². The predicted molar refractivity (Wildman–Crippen MR) is 62.1 cm³/mol. The summed E-state index contributed by atoms with van der Waals surface area (Å²) in [6.07, 6.45) is 4.93. The summed E-state index contributed by atoms with van der Waals surface area (Å²) in [5.74, 6) is 0. The second-order valence-corrected chi connectivity index (χ2v) is 3.47. The molecule has 76 valence electrons. The molecule has 0 fully saturated rings. The van der Waals surface area contributed by atoms with E-state index < -0.39 is 0 Å². The molecule has 1 unspecified atom stereocenters.